The molecule has 4 rings (SSSR count). The van der Waals surface area contributed by atoms with Crippen LogP contribution in [-0.4, -0.2) is 23.2 Å². The summed E-state index contributed by atoms with van der Waals surface area (Å²) in [6.07, 6.45) is 0. The van der Waals surface area contributed by atoms with Gasteiger partial charge in [-0.1, -0.05) is 48.5 Å². The fourth-order valence-electron chi connectivity index (χ4n) is 2.78. The second-order valence-corrected chi connectivity index (χ2v) is 5.46. The van der Waals surface area contributed by atoms with E-state index in [9.17, 15) is 0 Å². The topological polar surface area (TPSA) is 72.0 Å². The van der Waals surface area contributed by atoms with Crippen LogP contribution < -0.4 is 51.4 Å². The average molecular weight is 363 g/mol. The van der Waals surface area contributed by atoms with E-state index in [0.717, 1.165) is 4.90 Å². The molecule has 6 heteroatoms. The largest absolute Gasteiger partial charge is 1.00 e. The van der Waals surface area contributed by atoms with Gasteiger partial charge in [0.15, 0.2) is 0 Å². The summed E-state index contributed by atoms with van der Waals surface area (Å²) < 4.78 is 0. The Morgan fingerprint density at radius 3 is 1.96 bits per heavy atom. The van der Waals surface area contributed by atoms with Gasteiger partial charge in [-0.05, 0) is 45.1 Å². The minimum absolute atomic E-state index is 0. The van der Waals surface area contributed by atoms with Crippen molar-refractivity contribution in [3.8, 4) is 0 Å². The van der Waals surface area contributed by atoms with Crippen molar-refractivity contribution in [3.63, 3.8) is 0 Å². The molecule has 0 bridgehead atoms. The fraction of sp³-hybridized carbons (Fsp3) is 0. The molecule has 0 atom stereocenters. The van der Waals surface area contributed by atoms with E-state index in [-0.39, 0.29) is 66.0 Å². The minimum Gasteiger partial charge on any atom is -1.00 e. The normalized spacial score (nSPS) is 9.62. The maximum Gasteiger partial charge on any atom is 1.00 e. The van der Waals surface area contributed by atoms with Gasteiger partial charge in [0.05, 0.1) is 0 Å². The molecule has 0 saturated heterocycles. The van der Waals surface area contributed by atoms with E-state index in [1.807, 2.05) is 0 Å². The molecule has 1 radical (unpaired) electrons. The van der Waals surface area contributed by atoms with Crippen LogP contribution in [0.25, 0.3) is 32.3 Å². The van der Waals surface area contributed by atoms with E-state index in [4.69, 9.17) is 10.0 Å². The molecular weight excluding hydrogens is 346 g/mol. The summed E-state index contributed by atoms with van der Waals surface area (Å²) in [4.78, 5) is 1.04. The molecule has 0 amide bonds. The van der Waals surface area contributed by atoms with Crippen LogP contribution in [0.1, 0.15) is 1.43 Å². The van der Waals surface area contributed by atoms with E-state index in [2.05, 4.69) is 79.4 Å². The molecule has 4 N–H and O–H groups in total. The summed E-state index contributed by atoms with van der Waals surface area (Å²) in [5.41, 5.74) is 0. The first-order chi connectivity index (χ1) is 10.7. The van der Waals surface area contributed by atoms with Gasteiger partial charge >= 0.3 is 59.1 Å². The van der Waals surface area contributed by atoms with Gasteiger partial charge in [-0.3, -0.25) is 0 Å². The molecule has 0 aliphatic rings. The Morgan fingerprint density at radius 2 is 1.29 bits per heavy atom. The molecule has 0 fully saturated rings. The third kappa shape index (κ3) is 4.40. The van der Waals surface area contributed by atoms with Gasteiger partial charge in [0.1, 0.15) is 0 Å². The first-order valence-corrected chi connectivity index (χ1v) is 7.32. The molecule has 0 heterocycles. The van der Waals surface area contributed by atoms with Crippen LogP contribution in [0, 0.1) is 0 Å². The number of hydrogen-bond acceptors (Lipinski definition) is 3. The van der Waals surface area contributed by atoms with Gasteiger partial charge in [-0.2, -0.15) is 0 Å². The molecule has 24 heavy (non-hydrogen) atoms. The minimum atomic E-state index is 0. The van der Waals surface area contributed by atoms with Crippen molar-refractivity contribution in [2.24, 2.45) is 0 Å². The number of fused-ring (bicyclic) bond motifs is 4. The van der Waals surface area contributed by atoms with Crippen LogP contribution in [0.5, 0.6) is 0 Å². The predicted octanol–water partition coefficient (Wildman–Crippen LogP) is 0.232. The summed E-state index contributed by atoms with van der Waals surface area (Å²) >= 11 is 4.62. The Morgan fingerprint density at radius 1 is 0.750 bits per heavy atom. The Labute approximate surface area is 190 Å². The summed E-state index contributed by atoms with van der Waals surface area (Å²) in [6, 6.07) is 23.6. The van der Waals surface area contributed by atoms with Crippen molar-refractivity contribution in [2.75, 3.05) is 0 Å². The Bertz CT molecular complexity index is 969. The molecule has 3 nitrogen and oxygen atoms in total. The molecule has 0 spiro atoms. The molecule has 0 saturated carbocycles. The van der Waals surface area contributed by atoms with E-state index >= 15 is 0 Å². The zero-order valence-corrected chi connectivity index (χ0v) is 17.3. The number of benzene rings is 4. The second kappa shape index (κ2) is 9.92. The van der Waals surface area contributed by atoms with Gasteiger partial charge in [0.25, 0.3) is 0 Å². The summed E-state index contributed by atoms with van der Waals surface area (Å²) in [5.74, 6) is 0. The molecule has 0 unspecified atom stereocenters. The van der Waals surface area contributed by atoms with Crippen molar-refractivity contribution in [2.45, 2.75) is 4.90 Å². The van der Waals surface area contributed by atoms with Crippen molar-refractivity contribution in [1.29, 1.82) is 0 Å². The summed E-state index contributed by atoms with van der Waals surface area (Å²) in [7, 11) is 0. The second-order valence-electron chi connectivity index (χ2n) is 4.98. The summed E-state index contributed by atoms with van der Waals surface area (Å²) in [6.45, 7) is 0. The maximum atomic E-state index is 7.00. The van der Waals surface area contributed by atoms with Crippen molar-refractivity contribution in [3.05, 3.63) is 66.7 Å². The number of hydrogen-bond donors (Lipinski definition) is 3. The number of rotatable bonds is 0. The summed E-state index contributed by atoms with van der Waals surface area (Å²) in [5, 5.41) is 21.6. The van der Waals surface area contributed by atoms with Crippen LogP contribution in [0.3, 0.4) is 0 Å². The molecule has 117 valence electrons. The van der Waals surface area contributed by atoms with E-state index < -0.39 is 0 Å². The monoisotopic (exact) mass is 363 g/mol. The Balaban J connectivity index is 0.000000902. The average Bonchev–Trinajstić information content (AvgIpc) is 2.53. The van der Waals surface area contributed by atoms with Crippen molar-refractivity contribution >= 4 is 52.6 Å². The zero-order valence-electron chi connectivity index (χ0n) is 14.3. The third-order valence-corrected chi connectivity index (χ3v) is 4.08. The van der Waals surface area contributed by atoms with Gasteiger partial charge in [-0.25, -0.2) is 0 Å². The van der Waals surface area contributed by atoms with E-state index in [0.29, 0.717) is 0 Å². The van der Waals surface area contributed by atoms with Gasteiger partial charge in [0, 0.05) is 10.3 Å². The van der Waals surface area contributed by atoms with Crippen LogP contribution in [0.2, 0.25) is 0 Å². The fourth-order valence-corrected chi connectivity index (χ4v) is 3.12. The molecule has 4 aromatic rings. The molecule has 0 aliphatic carbocycles. The van der Waals surface area contributed by atoms with Crippen LogP contribution >= 0.6 is 12.6 Å². The smallest absolute Gasteiger partial charge is 1.00 e. The zero-order chi connectivity index (χ0) is 15.5. The number of thiol groups is 1. The van der Waals surface area contributed by atoms with Crippen molar-refractivity contribution in [1.82, 2.24) is 0 Å². The van der Waals surface area contributed by atoms with Crippen LogP contribution in [0.4, 0.5) is 0 Å². The van der Waals surface area contributed by atoms with Crippen LogP contribution in [-0.2, 0) is 0 Å². The van der Waals surface area contributed by atoms with Gasteiger partial charge in [-0.15, -0.1) is 12.6 Å². The Hall–Kier alpha value is -0.409. The predicted molar refractivity (Wildman–Crippen MR) is 101 cm³/mol. The van der Waals surface area contributed by atoms with E-state index in [1.165, 1.54) is 32.3 Å². The maximum absolute atomic E-state index is 7.00. The first kappa shape index (κ1) is 21.6. The third-order valence-electron chi connectivity index (χ3n) is 3.70. The molecular formula is C18H17BKO3S. The standard InChI is InChI=1S/C18H12S.BH2O2.K.H2O.H/c19-17-7-3-6-12-8-9-15-10-13-4-1-2-5-14(13)11-16(15)18(12)17;2-1-3;;;/h1-11,19H;2-3H;;1H2;/q;;+1;;-1. The van der Waals surface area contributed by atoms with Crippen molar-refractivity contribution < 1.29 is 68.3 Å². The van der Waals surface area contributed by atoms with Gasteiger partial charge < -0.3 is 17.0 Å². The SMILES string of the molecule is O.O[B]O.Sc1cccc2ccc3cc4ccccc4cc3c12.[H-].[K+]. The first-order valence-electron chi connectivity index (χ1n) is 6.88. The molecule has 0 aliphatic heterocycles. The molecule has 4 aromatic carbocycles. The van der Waals surface area contributed by atoms with Crippen LogP contribution in [0.15, 0.2) is 71.6 Å². The van der Waals surface area contributed by atoms with Gasteiger partial charge in [0.2, 0.25) is 0 Å². The molecule has 0 aromatic heterocycles. The Kier molecular flexibility index (Phi) is 8.94. The van der Waals surface area contributed by atoms with E-state index in [1.54, 1.807) is 0 Å². The quantitative estimate of drug-likeness (QED) is 0.181.